The molecule has 0 aliphatic rings. The zero-order chi connectivity index (χ0) is 17.9. The maximum absolute atomic E-state index is 13.7. The molecule has 2 rings (SSSR count). The molecule has 0 heterocycles. The average molecular weight is 374 g/mol. The number of hydrogen-bond donors (Lipinski definition) is 1. The van der Waals surface area contributed by atoms with Crippen molar-refractivity contribution in [2.24, 2.45) is 0 Å². The first kappa shape index (κ1) is 18.2. The van der Waals surface area contributed by atoms with Crippen molar-refractivity contribution in [3.05, 3.63) is 63.6 Å². The van der Waals surface area contributed by atoms with Crippen molar-refractivity contribution < 1.29 is 23.1 Å². The lowest BCUT2D eigenvalue weighted by Gasteiger charge is -2.14. The third-order valence-electron chi connectivity index (χ3n) is 2.99. The van der Waals surface area contributed by atoms with Gasteiger partial charge in [0.1, 0.15) is 11.6 Å². The van der Waals surface area contributed by atoms with Crippen molar-refractivity contribution in [1.82, 2.24) is 0 Å². The first-order valence-electron chi connectivity index (χ1n) is 6.70. The van der Waals surface area contributed by atoms with Crippen molar-refractivity contribution in [1.29, 1.82) is 0 Å². The van der Waals surface area contributed by atoms with Gasteiger partial charge in [-0.15, -0.1) is 0 Å². The van der Waals surface area contributed by atoms with E-state index in [4.69, 9.17) is 27.9 Å². The smallest absolute Gasteiger partial charge is 0.341 e. The molecule has 0 unspecified atom stereocenters. The lowest BCUT2D eigenvalue weighted by atomic mass is 10.2. The standard InChI is InChI=1S/C16H11Cl2F2NO3/c1-8(15(22)21-14-5-3-10(19)7-12(14)18)24-16(23)11-4-2-9(17)6-13(11)20/h2-8H,1H3,(H,21,22)/t8-/m0/s1. The normalized spacial score (nSPS) is 11.7. The lowest BCUT2D eigenvalue weighted by molar-refractivity contribution is -0.123. The molecule has 0 aliphatic heterocycles. The molecule has 1 amide bonds. The highest BCUT2D eigenvalue weighted by atomic mass is 35.5. The Hall–Kier alpha value is -2.18. The number of ether oxygens (including phenoxy) is 1. The van der Waals surface area contributed by atoms with E-state index in [2.05, 4.69) is 5.32 Å². The molecule has 0 saturated heterocycles. The highest BCUT2D eigenvalue weighted by Gasteiger charge is 2.22. The topological polar surface area (TPSA) is 55.4 Å². The predicted molar refractivity (Wildman–Crippen MR) is 86.3 cm³/mol. The Morgan fingerprint density at radius 1 is 1.12 bits per heavy atom. The number of rotatable bonds is 4. The van der Waals surface area contributed by atoms with Gasteiger partial charge in [0.25, 0.3) is 5.91 Å². The average Bonchev–Trinajstić information content (AvgIpc) is 2.49. The van der Waals surface area contributed by atoms with Gasteiger partial charge in [-0.05, 0) is 43.3 Å². The van der Waals surface area contributed by atoms with Gasteiger partial charge in [-0.2, -0.15) is 0 Å². The van der Waals surface area contributed by atoms with Gasteiger partial charge in [0, 0.05) is 5.02 Å². The van der Waals surface area contributed by atoms with Crippen molar-refractivity contribution in [2.75, 3.05) is 5.32 Å². The van der Waals surface area contributed by atoms with Crippen molar-refractivity contribution in [3.63, 3.8) is 0 Å². The van der Waals surface area contributed by atoms with Gasteiger partial charge >= 0.3 is 5.97 Å². The highest BCUT2D eigenvalue weighted by molar-refractivity contribution is 6.33. The zero-order valence-electron chi connectivity index (χ0n) is 12.3. The summed E-state index contributed by atoms with van der Waals surface area (Å²) in [6, 6.07) is 6.84. The van der Waals surface area contributed by atoms with Crippen LogP contribution in [0.2, 0.25) is 10.0 Å². The summed E-state index contributed by atoms with van der Waals surface area (Å²) in [4.78, 5) is 23.9. The molecule has 1 atom stereocenters. The van der Waals surface area contributed by atoms with Crippen molar-refractivity contribution in [3.8, 4) is 0 Å². The number of carbonyl (C=O) groups excluding carboxylic acids is 2. The second-order valence-corrected chi connectivity index (χ2v) is 5.63. The molecule has 0 aromatic heterocycles. The predicted octanol–water partition coefficient (Wildman–Crippen LogP) is 4.46. The minimum atomic E-state index is -1.23. The number of anilines is 1. The van der Waals surface area contributed by atoms with Crippen LogP contribution >= 0.6 is 23.2 Å². The number of esters is 1. The van der Waals surface area contributed by atoms with E-state index in [1.54, 1.807) is 0 Å². The third kappa shape index (κ3) is 4.43. The van der Waals surface area contributed by atoms with Gasteiger partial charge in [-0.25, -0.2) is 13.6 Å². The molecule has 126 valence electrons. The SMILES string of the molecule is C[C@H](OC(=O)c1ccc(Cl)cc1F)C(=O)Nc1ccc(F)cc1Cl. The van der Waals surface area contributed by atoms with Gasteiger partial charge in [0.15, 0.2) is 6.10 Å². The van der Waals surface area contributed by atoms with E-state index in [9.17, 15) is 18.4 Å². The zero-order valence-corrected chi connectivity index (χ0v) is 13.8. The molecule has 8 heteroatoms. The summed E-state index contributed by atoms with van der Waals surface area (Å²) in [5.74, 6) is -3.14. The first-order chi connectivity index (χ1) is 11.3. The number of nitrogens with one attached hydrogen (secondary N) is 1. The van der Waals surface area contributed by atoms with Crippen LogP contribution in [0.15, 0.2) is 36.4 Å². The van der Waals surface area contributed by atoms with Crippen LogP contribution in [0.4, 0.5) is 14.5 Å². The molecule has 0 spiro atoms. The third-order valence-corrected chi connectivity index (χ3v) is 3.54. The van der Waals surface area contributed by atoms with Crippen LogP contribution in [0.25, 0.3) is 0 Å². The fraction of sp³-hybridized carbons (Fsp3) is 0.125. The number of amides is 1. The molecule has 0 saturated carbocycles. The molecule has 1 N–H and O–H groups in total. The summed E-state index contributed by atoms with van der Waals surface area (Å²) in [5.41, 5.74) is -0.192. The molecule has 2 aromatic carbocycles. The Labute approximate surface area is 146 Å². The summed E-state index contributed by atoms with van der Waals surface area (Å²) in [6.07, 6.45) is -1.23. The Morgan fingerprint density at radius 2 is 1.83 bits per heavy atom. The maximum Gasteiger partial charge on any atom is 0.341 e. The number of benzene rings is 2. The Balaban J connectivity index is 2.04. The fourth-order valence-corrected chi connectivity index (χ4v) is 2.13. The van der Waals surface area contributed by atoms with Crippen LogP contribution in [-0.4, -0.2) is 18.0 Å². The molecule has 0 aliphatic carbocycles. The molecule has 24 heavy (non-hydrogen) atoms. The van der Waals surface area contributed by atoms with Crippen molar-refractivity contribution >= 4 is 40.8 Å². The summed E-state index contributed by atoms with van der Waals surface area (Å²) in [7, 11) is 0. The molecule has 0 fully saturated rings. The van der Waals surface area contributed by atoms with E-state index in [0.717, 1.165) is 24.3 Å². The highest BCUT2D eigenvalue weighted by Crippen LogP contribution is 2.23. The van der Waals surface area contributed by atoms with Crippen LogP contribution < -0.4 is 5.32 Å². The van der Waals surface area contributed by atoms with Gasteiger partial charge < -0.3 is 10.1 Å². The van der Waals surface area contributed by atoms with E-state index in [0.29, 0.717) is 0 Å². The summed E-state index contributed by atoms with van der Waals surface area (Å²) < 4.78 is 31.5. The van der Waals surface area contributed by atoms with Gasteiger partial charge in [0.05, 0.1) is 16.3 Å². The minimum absolute atomic E-state index is 0.00868. The summed E-state index contributed by atoms with van der Waals surface area (Å²) in [6.45, 7) is 1.30. The molecule has 0 radical (unpaired) electrons. The van der Waals surface area contributed by atoms with Crippen LogP contribution in [0.3, 0.4) is 0 Å². The van der Waals surface area contributed by atoms with Crippen LogP contribution in [0.5, 0.6) is 0 Å². The first-order valence-corrected chi connectivity index (χ1v) is 7.45. The second kappa shape index (κ2) is 7.59. The van der Waals surface area contributed by atoms with E-state index >= 15 is 0 Å². The minimum Gasteiger partial charge on any atom is -0.449 e. The molecular weight excluding hydrogens is 363 g/mol. The van der Waals surface area contributed by atoms with Crippen LogP contribution in [-0.2, 0) is 9.53 Å². The number of hydrogen-bond acceptors (Lipinski definition) is 3. The lowest BCUT2D eigenvalue weighted by Crippen LogP contribution is -2.30. The molecular formula is C16H11Cl2F2NO3. The molecule has 4 nitrogen and oxygen atoms in total. The Bertz CT molecular complexity index is 799. The second-order valence-electron chi connectivity index (χ2n) is 4.79. The summed E-state index contributed by atoms with van der Waals surface area (Å²) >= 11 is 11.4. The Kier molecular flexibility index (Phi) is 5.75. The number of carbonyl (C=O) groups is 2. The van der Waals surface area contributed by atoms with E-state index in [-0.39, 0.29) is 21.3 Å². The van der Waals surface area contributed by atoms with Crippen LogP contribution in [0.1, 0.15) is 17.3 Å². The maximum atomic E-state index is 13.7. The van der Waals surface area contributed by atoms with E-state index < -0.39 is 29.6 Å². The monoisotopic (exact) mass is 373 g/mol. The van der Waals surface area contributed by atoms with Crippen molar-refractivity contribution in [2.45, 2.75) is 13.0 Å². The summed E-state index contributed by atoms with van der Waals surface area (Å²) in [5, 5.41) is 2.51. The van der Waals surface area contributed by atoms with Crippen LogP contribution in [0, 0.1) is 11.6 Å². The Morgan fingerprint density at radius 3 is 2.46 bits per heavy atom. The van der Waals surface area contributed by atoms with Gasteiger partial charge in [-0.3, -0.25) is 4.79 Å². The quantitative estimate of drug-likeness (QED) is 0.805. The largest absolute Gasteiger partial charge is 0.449 e. The van der Waals surface area contributed by atoms with Gasteiger partial charge in [-0.1, -0.05) is 23.2 Å². The fourth-order valence-electron chi connectivity index (χ4n) is 1.76. The van der Waals surface area contributed by atoms with E-state index in [1.807, 2.05) is 0 Å². The molecule has 0 bridgehead atoms. The molecule has 2 aromatic rings. The van der Waals surface area contributed by atoms with Gasteiger partial charge in [0.2, 0.25) is 0 Å². The number of halogens is 4. The van der Waals surface area contributed by atoms with E-state index in [1.165, 1.54) is 19.1 Å².